The van der Waals surface area contributed by atoms with Crippen molar-refractivity contribution in [2.45, 2.75) is 13.3 Å². The Balaban J connectivity index is 2.05. The van der Waals surface area contributed by atoms with Crippen molar-refractivity contribution in [3.63, 3.8) is 0 Å². The van der Waals surface area contributed by atoms with Crippen LogP contribution in [0.1, 0.15) is 18.9 Å². The summed E-state index contributed by atoms with van der Waals surface area (Å²) in [5, 5.41) is 1.78. The molecule has 2 aromatic rings. The number of nitrogens with zero attached hydrogens (tertiary/aromatic N) is 1. The Kier molecular flexibility index (Phi) is 4.39. The van der Waals surface area contributed by atoms with Crippen LogP contribution in [-0.2, 0) is 4.79 Å². The number of amides is 2. The second kappa shape index (κ2) is 6.46. The van der Waals surface area contributed by atoms with E-state index in [1.807, 2.05) is 43.3 Å². The topological polar surface area (TPSA) is 46.6 Å². The van der Waals surface area contributed by atoms with E-state index in [1.54, 1.807) is 13.2 Å². The first-order valence-electron chi connectivity index (χ1n) is 7.46. The van der Waals surface area contributed by atoms with Gasteiger partial charge in [0.2, 0.25) is 0 Å². The number of ether oxygens (including phenoxy) is 1. The minimum atomic E-state index is -0.207. The van der Waals surface area contributed by atoms with Crippen LogP contribution in [0, 0.1) is 0 Å². The first kappa shape index (κ1) is 15.6. The highest BCUT2D eigenvalue weighted by Crippen LogP contribution is 2.35. The molecule has 2 aromatic carbocycles. The van der Waals surface area contributed by atoms with Crippen molar-refractivity contribution in [1.82, 2.24) is 4.90 Å². The Morgan fingerprint density at radius 3 is 2.57 bits per heavy atom. The summed E-state index contributed by atoms with van der Waals surface area (Å²) >= 11 is 1.00. The van der Waals surface area contributed by atoms with Gasteiger partial charge in [-0.2, -0.15) is 0 Å². The molecule has 0 radical (unpaired) electrons. The predicted octanol–water partition coefficient (Wildman–Crippen LogP) is 4.29. The normalized spacial score (nSPS) is 16.6. The van der Waals surface area contributed by atoms with Gasteiger partial charge in [0.1, 0.15) is 5.75 Å². The second-order valence-corrected chi connectivity index (χ2v) is 6.23. The van der Waals surface area contributed by atoms with Gasteiger partial charge in [-0.15, -0.1) is 0 Å². The van der Waals surface area contributed by atoms with E-state index in [1.165, 1.54) is 4.90 Å². The average molecular weight is 327 g/mol. The molecule has 2 amide bonds. The third-order valence-corrected chi connectivity index (χ3v) is 4.65. The molecule has 1 saturated heterocycles. The van der Waals surface area contributed by atoms with Crippen molar-refractivity contribution < 1.29 is 14.3 Å². The fraction of sp³-hybridized carbons (Fsp3) is 0.222. The predicted molar refractivity (Wildman–Crippen MR) is 93.5 cm³/mol. The van der Waals surface area contributed by atoms with Crippen LogP contribution in [-0.4, -0.2) is 29.7 Å². The van der Waals surface area contributed by atoms with E-state index in [0.717, 1.165) is 40.3 Å². The number of thioether (sulfide) groups is 1. The monoisotopic (exact) mass is 327 g/mol. The van der Waals surface area contributed by atoms with E-state index in [0.29, 0.717) is 11.4 Å². The van der Waals surface area contributed by atoms with Crippen molar-refractivity contribution >= 4 is 39.8 Å². The molecule has 0 N–H and O–H groups in total. The molecule has 0 aliphatic carbocycles. The van der Waals surface area contributed by atoms with Gasteiger partial charge in [0.05, 0.1) is 12.0 Å². The molecule has 0 aromatic heterocycles. The number of hydrogen-bond donors (Lipinski definition) is 0. The quantitative estimate of drug-likeness (QED) is 0.786. The summed E-state index contributed by atoms with van der Waals surface area (Å²) in [7, 11) is 1.64. The van der Waals surface area contributed by atoms with Crippen molar-refractivity contribution in [2.75, 3.05) is 13.7 Å². The molecular weight excluding hydrogens is 310 g/mol. The third-order valence-electron chi connectivity index (χ3n) is 3.75. The molecule has 23 heavy (non-hydrogen) atoms. The van der Waals surface area contributed by atoms with Crippen LogP contribution >= 0.6 is 11.8 Å². The summed E-state index contributed by atoms with van der Waals surface area (Å²) in [5.74, 6) is 0.582. The Labute approximate surface area is 139 Å². The van der Waals surface area contributed by atoms with Crippen LogP contribution in [0.4, 0.5) is 4.79 Å². The number of fused-ring (bicyclic) bond motifs is 1. The molecule has 3 rings (SSSR count). The van der Waals surface area contributed by atoms with Gasteiger partial charge in [-0.25, -0.2) is 0 Å². The standard InChI is InChI=1S/C18H17NO3S/c1-3-10-19-17(20)16(23-18(19)21)11-12-8-9-15(22-2)14-7-5-4-6-13(12)14/h4-9,11H,3,10H2,1-2H3/b16-11+. The van der Waals surface area contributed by atoms with Crippen LogP contribution in [0.5, 0.6) is 5.75 Å². The maximum Gasteiger partial charge on any atom is 0.293 e. The third kappa shape index (κ3) is 2.84. The zero-order valence-corrected chi connectivity index (χ0v) is 13.9. The van der Waals surface area contributed by atoms with E-state index in [2.05, 4.69) is 0 Å². The molecule has 1 heterocycles. The average Bonchev–Trinajstić information content (AvgIpc) is 2.83. The van der Waals surface area contributed by atoms with Crippen LogP contribution in [0.25, 0.3) is 16.8 Å². The molecule has 1 fully saturated rings. The van der Waals surface area contributed by atoms with E-state index >= 15 is 0 Å². The maximum atomic E-state index is 12.4. The molecular formula is C18H17NO3S. The number of methoxy groups -OCH3 is 1. The lowest BCUT2D eigenvalue weighted by Crippen LogP contribution is -2.28. The molecule has 0 unspecified atom stereocenters. The van der Waals surface area contributed by atoms with Crippen LogP contribution in [0.3, 0.4) is 0 Å². The number of rotatable bonds is 4. The summed E-state index contributed by atoms with van der Waals surface area (Å²) in [6, 6.07) is 11.7. The van der Waals surface area contributed by atoms with Gasteiger partial charge in [0, 0.05) is 11.9 Å². The molecule has 0 spiro atoms. The van der Waals surface area contributed by atoms with Gasteiger partial charge in [0.25, 0.3) is 11.1 Å². The summed E-state index contributed by atoms with van der Waals surface area (Å²) in [6.45, 7) is 2.41. The highest BCUT2D eigenvalue weighted by atomic mass is 32.2. The molecule has 1 aliphatic rings. The molecule has 0 bridgehead atoms. The molecule has 0 atom stereocenters. The van der Waals surface area contributed by atoms with Crippen LogP contribution < -0.4 is 4.74 Å². The zero-order valence-electron chi connectivity index (χ0n) is 13.0. The van der Waals surface area contributed by atoms with Crippen molar-refractivity contribution in [3.05, 3.63) is 46.9 Å². The Morgan fingerprint density at radius 2 is 1.87 bits per heavy atom. The Morgan fingerprint density at radius 1 is 1.13 bits per heavy atom. The van der Waals surface area contributed by atoms with E-state index in [9.17, 15) is 9.59 Å². The van der Waals surface area contributed by atoms with E-state index in [-0.39, 0.29) is 11.1 Å². The molecule has 1 aliphatic heterocycles. The number of imide groups is 1. The lowest BCUT2D eigenvalue weighted by Gasteiger charge is -2.10. The van der Waals surface area contributed by atoms with Crippen molar-refractivity contribution in [3.8, 4) is 5.75 Å². The second-order valence-electron chi connectivity index (χ2n) is 5.24. The van der Waals surface area contributed by atoms with Gasteiger partial charge in [-0.1, -0.05) is 37.3 Å². The zero-order chi connectivity index (χ0) is 16.4. The lowest BCUT2D eigenvalue weighted by molar-refractivity contribution is -0.122. The Bertz CT molecular complexity index is 813. The number of benzene rings is 2. The molecule has 5 heteroatoms. The smallest absolute Gasteiger partial charge is 0.293 e. The first-order chi connectivity index (χ1) is 11.2. The van der Waals surface area contributed by atoms with E-state index in [4.69, 9.17) is 4.74 Å². The molecule has 0 saturated carbocycles. The Hall–Kier alpha value is -2.27. The minimum absolute atomic E-state index is 0.194. The highest BCUT2D eigenvalue weighted by molar-refractivity contribution is 8.18. The van der Waals surface area contributed by atoms with Gasteiger partial charge in [0.15, 0.2) is 0 Å². The van der Waals surface area contributed by atoms with Crippen LogP contribution in [0.2, 0.25) is 0 Å². The molecule has 118 valence electrons. The van der Waals surface area contributed by atoms with Gasteiger partial charge >= 0.3 is 0 Å². The highest BCUT2D eigenvalue weighted by Gasteiger charge is 2.34. The van der Waals surface area contributed by atoms with Crippen molar-refractivity contribution in [2.24, 2.45) is 0 Å². The summed E-state index contributed by atoms with van der Waals surface area (Å²) in [5.41, 5.74) is 0.906. The first-order valence-corrected chi connectivity index (χ1v) is 8.28. The van der Waals surface area contributed by atoms with E-state index < -0.39 is 0 Å². The maximum absolute atomic E-state index is 12.4. The fourth-order valence-corrected chi connectivity index (χ4v) is 3.51. The summed E-state index contributed by atoms with van der Waals surface area (Å²) in [6.07, 6.45) is 2.55. The lowest BCUT2D eigenvalue weighted by atomic mass is 10.0. The fourth-order valence-electron chi connectivity index (χ4n) is 2.66. The van der Waals surface area contributed by atoms with Gasteiger partial charge < -0.3 is 4.74 Å². The van der Waals surface area contributed by atoms with Crippen molar-refractivity contribution in [1.29, 1.82) is 0 Å². The van der Waals surface area contributed by atoms with Crippen LogP contribution in [0.15, 0.2) is 41.3 Å². The number of carbonyl (C=O) groups excluding carboxylic acids is 2. The summed E-state index contributed by atoms with van der Waals surface area (Å²) < 4.78 is 5.38. The number of hydrogen-bond acceptors (Lipinski definition) is 4. The SMILES string of the molecule is CCCN1C(=O)S/C(=C/c2ccc(OC)c3ccccc23)C1=O. The van der Waals surface area contributed by atoms with Gasteiger partial charge in [-0.3, -0.25) is 14.5 Å². The number of carbonyl (C=O) groups is 2. The summed E-state index contributed by atoms with van der Waals surface area (Å²) in [4.78, 5) is 26.1. The van der Waals surface area contributed by atoms with Gasteiger partial charge in [-0.05, 0) is 41.3 Å². The minimum Gasteiger partial charge on any atom is -0.496 e. The molecule has 4 nitrogen and oxygen atoms in total. The largest absolute Gasteiger partial charge is 0.496 e.